The van der Waals surface area contributed by atoms with E-state index in [0.717, 1.165) is 29.7 Å². The van der Waals surface area contributed by atoms with Crippen molar-refractivity contribution in [3.05, 3.63) is 41.7 Å². The zero-order chi connectivity index (χ0) is 11.5. The molecule has 0 saturated heterocycles. The molecule has 2 rings (SSSR count). The summed E-state index contributed by atoms with van der Waals surface area (Å²) in [6.07, 6.45) is 2.05. The van der Waals surface area contributed by atoms with Gasteiger partial charge in [-0.05, 0) is 18.6 Å². The fraction of sp³-hybridized carbons (Fsp3) is 0.308. The predicted molar refractivity (Wildman–Crippen MR) is 68.7 cm³/mol. The number of para-hydroxylation sites is 2. The molecule has 3 heteroatoms. The summed E-state index contributed by atoms with van der Waals surface area (Å²) in [6, 6.07) is 8.13. The normalized spacial score (nSPS) is 10.9. The fourth-order valence-corrected chi connectivity index (χ4v) is 2.01. The van der Waals surface area contributed by atoms with Crippen LogP contribution in [0.5, 0.6) is 0 Å². The van der Waals surface area contributed by atoms with Gasteiger partial charge in [0.2, 0.25) is 0 Å². The largest absolute Gasteiger partial charge is 0.323 e. The van der Waals surface area contributed by atoms with Crippen molar-refractivity contribution in [2.24, 2.45) is 0 Å². The summed E-state index contributed by atoms with van der Waals surface area (Å²) in [4.78, 5) is 4.62. The van der Waals surface area contributed by atoms with Gasteiger partial charge in [0.25, 0.3) is 0 Å². The van der Waals surface area contributed by atoms with E-state index >= 15 is 0 Å². The van der Waals surface area contributed by atoms with E-state index in [9.17, 15) is 0 Å². The van der Waals surface area contributed by atoms with Gasteiger partial charge >= 0.3 is 0 Å². The van der Waals surface area contributed by atoms with Crippen molar-refractivity contribution in [1.82, 2.24) is 9.55 Å². The van der Waals surface area contributed by atoms with Crippen LogP contribution in [0, 0.1) is 0 Å². The Morgan fingerprint density at radius 1 is 1.44 bits per heavy atom. The lowest BCUT2D eigenvalue weighted by Crippen LogP contribution is -2.03. The van der Waals surface area contributed by atoms with E-state index in [1.54, 1.807) is 0 Å². The Bertz CT molecular complexity index is 514. The van der Waals surface area contributed by atoms with E-state index < -0.39 is 0 Å². The number of benzene rings is 1. The minimum absolute atomic E-state index is 0.636. The Morgan fingerprint density at radius 2 is 2.19 bits per heavy atom. The summed E-state index contributed by atoms with van der Waals surface area (Å²) < 4.78 is 2.15. The van der Waals surface area contributed by atoms with Crippen molar-refractivity contribution in [3.63, 3.8) is 0 Å². The molecule has 2 aromatic rings. The average Bonchev–Trinajstić information content (AvgIpc) is 2.57. The molecule has 0 atom stereocenters. The molecule has 1 heterocycles. The van der Waals surface area contributed by atoms with Crippen molar-refractivity contribution < 1.29 is 0 Å². The maximum atomic E-state index is 5.90. The van der Waals surface area contributed by atoms with Gasteiger partial charge in [-0.15, -0.1) is 0 Å². The summed E-state index contributed by atoms with van der Waals surface area (Å²) >= 11 is 5.90. The molecule has 1 aromatic heterocycles. The van der Waals surface area contributed by atoms with Crippen LogP contribution < -0.4 is 0 Å². The first kappa shape index (κ1) is 11.2. The van der Waals surface area contributed by atoms with E-state index in [2.05, 4.69) is 29.1 Å². The van der Waals surface area contributed by atoms with Gasteiger partial charge in [0.15, 0.2) is 0 Å². The lowest BCUT2D eigenvalue weighted by atomic mass is 10.3. The molecule has 0 spiro atoms. The van der Waals surface area contributed by atoms with Gasteiger partial charge in [-0.2, -0.15) is 0 Å². The molecule has 84 valence electrons. The number of rotatable bonds is 4. The van der Waals surface area contributed by atoms with Crippen molar-refractivity contribution in [1.29, 1.82) is 0 Å². The number of halogens is 1. The Hall–Kier alpha value is -1.28. The number of hydrogen-bond donors (Lipinski definition) is 0. The second kappa shape index (κ2) is 4.71. The van der Waals surface area contributed by atoms with Crippen molar-refractivity contribution in [3.8, 4) is 0 Å². The van der Waals surface area contributed by atoms with Crippen LogP contribution in [0.4, 0.5) is 0 Å². The quantitative estimate of drug-likeness (QED) is 0.788. The Morgan fingerprint density at radius 3 is 2.88 bits per heavy atom. The molecule has 0 aliphatic carbocycles. The molecule has 0 aliphatic heterocycles. The fourth-order valence-electron chi connectivity index (χ4n) is 1.89. The minimum atomic E-state index is 0.636. The molecule has 0 N–H and O–H groups in total. The van der Waals surface area contributed by atoms with Gasteiger partial charge in [-0.25, -0.2) is 4.98 Å². The number of nitrogens with zero attached hydrogens (tertiary/aromatic N) is 2. The Kier molecular flexibility index (Phi) is 3.30. The van der Waals surface area contributed by atoms with Crippen LogP contribution in [0.15, 0.2) is 35.9 Å². The van der Waals surface area contributed by atoms with Gasteiger partial charge in [0, 0.05) is 11.5 Å². The minimum Gasteiger partial charge on any atom is -0.323 e. The first-order valence-electron chi connectivity index (χ1n) is 5.49. The topological polar surface area (TPSA) is 17.8 Å². The van der Waals surface area contributed by atoms with Gasteiger partial charge in [0.05, 0.1) is 17.6 Å². The zero-order valence-electron chi connectivity index (χ0n) is 9.41. The number of hydrogen-bond acceptors (Lipinski definition) is 1. The van der Waals surface area contributed by atoms with Crippen molar-refractivity contribution in [2.45, 2.75) is 26.3 Å². The first-order chi connectivity index (χ1) is 7.72. The second-order valence-electron chi connectivity index (χ2n) is 3.87. The van der Waals surface area contributed by atoms with Crippen molar-refractivity contribution in [2.75, 3.05) is 0 Å². The summed E-state index contributed by atoms with van der Waals surface area (Å²) in [7, 11) is 0. The molecule has 0 unspecified atom stereocenters. The molecule has 0 bridgehead atoms. The molecule has 0 radical (unpaired) electrons. The second-order valence-corrected chi connectivity index (χ2v) is 4.40. The summed E-state index contributed by atoms with van der Waals surface area (Å²) in [5.41, 5.74) is 2.16. The van der Waals surface area contributed by atoms with Crippen LogP contribution >= 0.6 is 11.6 Å². The third kappa shape index (κ3) is 2.12. The standard InChI is InChI=1S/C13H15ClN2/c1-3-6-13-15-11-7-4-5-8-12(11)16(13)9-10(2)14/h4-5,7-8H,2-3,6,9H2,1H3. The number of fused-ring (bicyclic) bond motifs is 1. The molecule has 2 nitrogen and oxygen atoms in total. The maximum Gasteiger partial charge on any atom is 0.110 e. The highest BCUT2D eigenvalue weighted by molar-refractivity contribution is 6.29. The summed E-state index contributed by atoms with van der Waals surface area (Å²) in [6.45, 7) is 6.54. The van der Waals surface area contributed by atoms with E-state index in [0.29, 0.717) is 11.6 Å². The molecule has 1 aromatic carbocycles. The lowest BCUT2D eigenvalue weighted by Gasteiger charge is -2.06. The van der Waals surface area contributed by atoms with E-state index in [1.807, 2.05) is 18.2 Å². The van der Waals surface area contributed by atoms with E-state index in [1.165, 1.54) is 0 Å². The summed E-state index contributed by atoms with van der Waals surface area (Å²) in [5, 5.41) is 0.639. The highest BCUT2D eigenvalue weighted by Gasteiger charge is 2.09. The van der Waals surface area contributed by atoms with Crippen molar-refractivity contribution >= 4 is 22.6 Å². The average molecular weight is 235 g/mol. The highest BCUT2D eigenvalue weighted by Crippen LogP contribution is 2.19. The predicted octanol–water partition coefficient (Wildman–Crippen LogP) is 3.74. The van der Waals surface area contributed by atoms with Gasteiger partial charge < -0.3 is 4.57 Å². The van der Waals surface area contributed by atoms with Crippen LogP contribution in [0.25, 0.3) is 11.0 Å². The van der Waals surface area contributed by atoms with Gasteiger partial charge in [0.1, 0.15) is 5.82 Å². The highest BCUT2D eigenvalue weighted by atomic mass is 35.5. The molecule has 0 saturated carbocycles. The number of allylic oxidation sites excluding steroid dienone is 1. The third-order valence-electron chi connectivity index (χ3n) is 2.54. The molecule has 0 aliphatic rings. The zero-order valence-corrected chi connectivity index (χ0v) is 10.2. The Balaban J connectivity index is 2.54. The number of aryl methyl sites for hydroxylation is 1. The molecular formula is C13H15ClN2. The lowest BCUT2D eigenvalue weighted by molar-refractivity contribution is 0.728. The van der Waals surface area contributed by atoms with Gasteiger partial charge in [-0.3, -0.25) is 0 Å². The van der Waals surface area contributed by atoms with Crippen LogP contribution in [0.2, 0.25) is 0 Å². The monoisotopic (exact) mass is 234 g/mol. The summed E-state index contributed by atoms with van der Waals surface area (Å²) in [5.74, 6) is 1.09. The van der Waals surface area contributed by atoms with Gasteiger partial charge in [-0.1, -0.05) is 37.2 Å². The number of aromatic nitrogens is 2. The first-order valence-corrected chi connectivity index (χ1v) is 5.87. The molecular weight excluding hydrogens is 220 g/mol. The molecule has 16 heavy (non-hydrogen) atoms. The van der Waals surface area contributed by atoms with Crippen LogP contribution in [0.3, 0.4) is 0 Å². The van der Waals surface area contributed by atoms with E-state index in [4.69, 9.17) is 11.6 Å². The molecule has 0 amide bonds. The van der Waals surface area contributed by atoms with Crippen LogP contribution in [-0.4, -0.2) is 9.55 Å². The van der Waals surface area contributed by atoms with E-state index in [-0.39, 0.29) is 0 Å². The Labute approximate surface area is 101 Å². The number of imidazole rings is 1. The maximum absolute atomic E-state index is 5.90. The smallest absolute Gasteiger partial charge is 0.110 e. The molecule has 0 fully saturated rings. The third-order valence-corrected chi connectivity index (χ3v) is 2.66. The van der Waals surface area contributed by atoms with Crippen LogP contribution in [0.1, 0.15) is 19.2 Å². The SMILES string of the molecule is C=C(Cl)Cn1c(CCC)nc2ccccc21. The van der Waals surface area contributed by atoms with Crippen LogP contribution in [-0.2, 0) is 13.0 Å².